The fourth-order valence-electron chi connectivity index (χ4n) is 2.17. The lowest BCUT2D eigenvalue weighted by Gasteiger charge is -2.12. The molecule has 0 fully saturated rings. The SMILES string of the molecule is CC(C)Cc1cccc(NNc2cccc(CN)c2)c1. The summed E-state index contributed by atoms with van der Waals surface area (Å²) in [6, 6.07) is 16.6. The topological polar surface area (TPSA) is 50.1 Å². The number of benzene rings is 2. The summed E-state index contributed by atoms with van der Waals surface area (Å²) in [6.07, 6.45) is 1.10. The predicted octanol–water partition coefficient (Wildman–Crippen LogP) is 3.78. The molecule has 106 valence electrons. The second kappa shape index (κ2) is 6.96. The summed E-state index contributed by atoms with van der Waals surface area (Å²) in [4.78, 5) is 0. The monoisotopic (exact) mass is 269 g/mol. The molecule has 20 heavy (non-hydrogen) atoms. The van der Waals surface area contributed by atoms with Crippen LogP contribution in [0.25, 0.3) is 0 Å². The van der Waals surface area contributed by atoms with Crippen LogP contribution in [0.5, 0.6) is 0 Å². The maximum atomic E-state index is 5.64. The van der Waals surface area contributed by atoms with Crippen LogP contribution in [0.1, 0.15) is 25.0 Å². The molecule has 0 saturated carbocycles. The molecule has 2 aromatic carbocycles. The molecule has 0 aliphatic rings. The second-order valence-electron chi connectivity index (χ2n) is 5.45. The Morgan fingerprint density at radius 1 is 0.900 bits per heavy atom. The molecule has 0 atom stereocenters. The van der Waals surface area contributed by atoms with Gasteiger partial charge in [0.15, 0.2) is 0 Å². The summed E-state index contributed by atoms with van der Waals surface area (Å²) in [5, 5.41) is 0. The molecule has 0 spiro atoms. The summed E-state index contributed by atoms with van der Waals surface area (Å²) < 4.78 is 0. The van der Waals surface area contributed by atoms with Crippen molar-refractivity contribution in [1.29, 1.82) is 0 Å². The standard InChI is InChI=1S/C17H23N3/c1-13(2)9-14-5-3-7-16(10-14)19-20-17-8-4-6-15(11-17)12-18/h3-8,10-11,13,19-20H,9,12,18H2,1-2H3. The zero-order chi connectivity index (χ0) is 14.4. The zero-order valence-electron chi connectivity index (χ0n) is 12.2. The fourth-order valence-corrected chi connectivity index (χ4v) is 2.17. The van der Waals surface area contributed by atoms with Crippen molar-refractivity contribution in [2.75, 3.05) is 10.9 Å². The largest absolute Gasteiger partial charge is 0.326 e. The molecule has 0 radical (unpaired) electrons. The summed E-state index contributed by atoms with van der Waals surface area (Å²) in [5.74, 6) is 0.666. The molecule has 3 heteroatoms. The molecule has 0 saturated heterocycles. The van der Waals surface area contributed by atoms with Gasteiger partial charge in [-0.15, -0.1) is 0 Å². The molecule has 4 N–H and O–H groups in total. The quantitative estimate of drug-likeness (QED) is 0.699. The molecule has 0 aliphatic carbocycles. The van der Waals surface area contributed by atoms with Gasteiger partial charge in [-0.3, -0.25) is 0 Å². The van der Waals surface area contributed by atoms with Crippen LogP contribution in [0, 0.1) is 5.92 Å². The summed E-state index contributed by atoms with van der Waals surface area (Å²) in [7, 11) is 0. The van der Waals surface area contributed by atoms with E-state index < -0.39 is 0 Å². The van der Waals surface area contributed by atoms with Crippen LogP contribution in [0.15, 0.2) is 48.5 Å². The lowest BCUT2D eigenvalue weighted by atomic mass is 10.0. The third-order valence-corrected chi connectivity index (χ3v) is 3.08. The maximum absolute atomic E-state index is 5.64. The van der Waals surface area contributed by atoms with Gasteiger partial charge in [0.1, 0.15) is 0 Å². The minimum absolute atomic E-state index is 0.555. The van der Waals surface area contributed by atoms with Gasteiger partial charge in [0.2, 0.25) is 0 Å². The first-order valence-corrected chi connectivity index (χ1v) is 7.07. The lowest BCUT2D eigenvalue weighted by molar-refractivity contribution is 0.647. The minimum Gasteiger partial charge on any atom is -0.326 e. The number of hydrogen-bond donors (Lipinski definition) is 3. The molecule has 0 heterocycles. The van der Waals surface area contributed by atoms with E-state index in [1.165, 1.54) is 5.56 Å². The molecule has 3 nitrogen and oxygen atoms in total. The Balaban J connectivity index is 1.99. The number of nitrogens with two attached hydrogens (primary N) is 1. The highest BCUT2D eigenvalue weighted by Gasteiger charge is 1.99. The van der Waals surface area contributed by atoms with Crippen molar-refractivity contribution in [2.45, 2.75) is 26.8 Å². The minimum atomic E-state index is 0.555. The fraction of sp³-hybridized carbons (Fsp3) is 0.294. The van der Waals surface area contributed by atoms with Gasteiger partial charge in [0, 0.05) is 6.54 Å². The second-order valence-corrected chi connectivity index (χ2v) is 5.45. The van der Waals surface area contributed by atoms with Crippen molar-refractivity contribution < 1.29 is 0 Å². The molecule has 0 aliphatic heterocycles. The Morgan fingerprint density at radius 3 is 2.00 bits per heavy atom. The van der Waals surface area contributed by atoms with Crippen LogP contribution >= 0.6 is 0 Å². The summed E-state index contributed by atoms with van der Waals surface area (Å²) in [5.41, 5.74) is 16.6. The normalized spacial score (nSPS) is 10.6. The Morgan fingerprint density at radius 2 is 1.45 bits per heavy atom. The first kappa shape index (κ1) is 14.4. The number of hydrogen-bond acceptors (Lipinski definition) is 3. The predicted molar refractivity (Wildman–Crippen MR) is 86.6 cm³/mol. The molecule has 2 aromatic rings. The van der Waals surface area contributed by atoms with Gasteiger partial charge in [-0.25, -0.2) is 0 Å². The highest BCUT2D eigenvalue weighted by atomic mass is 15.4. The van der Waals surface area contributed by atoms with E-state index in [1.54, 1.807) is 0 Å². The summed E-state index contributed by atoms with van der Waals surface area (Å²) >= 11 is 0. The van der Waals surface area contributed by atoms with E-state index in [0.29, 0.717) is 12.5 Å². The first-order chi connectivity index (χ1) is 9.67. The van der Waals surface area contributed by atoms with Gasteiger partial charge in [0.05, 0.1) is 11.4 Å². The summed E-state index contributed by atoms with van der Waals surface area (Å²) in [6.45, 7) is 5.02. The van der Waals surface area contributed by atoms with E-state index in [-0.39, 0.29) is 0 Å². The smallest absolute Gasteiger partial charge is 0.0543 e. The van der Waals surface area contributed by atoms with Crippen LogP contribution in [0.3, 0.4) is 0 Å². The molecule has 0 amide bonds. The van der Waals surface area contributed by atoms with Gasteiger partial charge < -0.3 is 16.6 Å². The van der Waals surface area contributed by atoms with Crippen molar-refractivity contribution in [3.8, 4) is 0 Å². The van der Waals surface area contributed by atoms with E-state index in [2.05, 4.69) is 49.0 Å². The number of nitrogens with one attached hydrogen (secondary N) is 2. The molecule has 0 unspecified atom stereocenters. The van der Waals surface area contributed by atoms with Crippen LogP contribution < -0.4 is 16.6 Å². The average Bonchev–Trinajstić information content (AvgIpc) is 2.45. The van der Waals surface area contributed by atoms with Crippen LogP contribution in [-0.4, -0.2) is 0 Å². The van der Waals surface area contributed by atoms with E-state index in [4.69, 9.17) is 5.73 Å². The molecular formula is C17H23N3. The number of rotatable bonds is 6. The first-order valence-electron chi connectivity index (χ1n) is 7.07. The van der Waals surface area contributed by atoms with Crippen molar-refractivity contribution >= 4 is 11.4 Å². The number of hydrazine groups is 1. The van der Waals surface area contributed by atoms with Crippen molar-refractivity contribution in [3.05, 3.63) is 59.7 Å². The van der Waals surface area contributed by atoms with E-state index >= 15 is 0 Å². The van der Waals surface area contributed by atoms with Gasteiger partial charge in [-0.2, -0.15) is 0 Å². The van der Waals surface area contributed by atoms with E-state index in [0.717, 1.165) is 23.4 Å². The molecule has 0 bridgehead atoms. The molecular weight excluding hydrogens is 246 g/mol. The Labute approximate surface area is 121 Å². The third-order valence-electron chi connectivity index (χ3n) is 3.08. The highest BCUT2D eigenvalue weighted by Crippen LogP contribution is 2.15. The van der Waals surface area contributed by atoms with E-state index in [9.17, 15) is 0 Å². The van der Waals surface area contributed by atoms with Gasteiger partial charge in [-0.05, 0) is 47.7 Å². The molecule has 0 aromatic heterocycles. The maximum Gasteiger partial charge on any atom is 0.0543 e. The van der Waals surface area contributed by atoms with Crippen LogP contribution in [0.4, 0.5) is 11.4 Å². The average molecular weight is 269 g/mol. The van der Waals surface area contributed by atoms with Gasteiger partial charge in [0.25, 0.3) is 0 Å². The Bertz CT molecular complexity index is 549. The number of anilines is 2. The highest BCUT2D eigenvalue weighted by molar-refractivity contribution is 5.54. The van der Waals surface area contributed by atoms with Crippen molar-refractivity contribution in [1.82, 2.24) is 0 Å². The van der Waals surface area contributed by atoms with Crippen molar-refractivity contribution in [2.24, 2.45) is 11.7 Å². The Kier molecular flexibility index (Phi) is 5.02. The van der Waals surface area contributed by atoms with E-state index in [1.807, 2.05) is 24.3 Å². The molecule has 2 rings (SSSR count). The Hall–Kier alpha value is -2.00. The van der Waals surface area contributed by atoms with Crippen molar-refractivity contribution in [3.63, 3.8) is 0 Å². The van der Waals surface area contributed by atoms with Gasteiger partial charge in [-0.1, -0.05) is 38.1 Å². The van der Waals surface area contributed by atoms with Crippen LogP contribution in [-0.2, 0) is 13.0 Å². The van der Waals surface area contributed by atoms with Gasteiger partial charge >= 0.3 is 0 Å². The third kappa shape index (κ3) is 4.28. The zero-order valence-corrected chi connectivity index (χ0v) is 12.2. The van der Waals surface area contributed by atoms with Crippen LogP contribution in [0.2, 0.25) is 0 Å². The lowest BCUT2D eigenvalue weighted by Crippen LogP contribution is -2.09.